The van der Waals surface area contributed by atoms with E-state index in [2.05, 4.69) is 5.32 Å². The third-order valence-electron chi connectivity index (χ3n) is 5.75. The smallest absolute Gasteiger partial charge is 0.341 e. The third kappa shape index (κ3) is 4.52. The van der Waals surface area contributed by atoms with E-state index in [0.29, 0.717) is 32.6 Å². The summed E-state index contributed by atoms with van der Waals surface area (Å²) >= 11 is 1.06. The lowest BCUT2D eigenvalue weighted by Gasteiger charge is -2.12. The number of carbonyl (C=O) groups excluding carboxylic acids is 3. The Balaban J connectivity index is 1.84. The van der Waals surface area contributed by atoms with Crippen LogP contribution in [0.3, 0.4) is 0 Å². The van der Waals surface area contributed by atoms with E-state index in [-0.39, 0.29) is 16.5 Å². The van der Waals surface area contributed by atoms with E-state index in [4.69, 9.17) is 9.72 Å². The maximum Gasteiger partial charge on any atom is 0.341 e. The lowest BCUT2D eigenvalue weighted by Crippen LogP contribution is -2.21. The van der Waals surface area contributed by atoms with Gasteiger partial charge in [-0.3, -0.25) is 9.59 Å². The number of rotatable bonds is 5. The molecule has 0 aliphatic rings. The molecular formula is C27H25N3O4S. The fraction of sp³-hybridized carbons (Fsp3) is 0.185. The first-order valence-corrected chi connectivity index (χ1v) is 11.7. The monoisotopic (exact) mass is 487 g/mol. The summed E-state index contributed by atoms with van der Waals surface area (Å²) in [7, 11) is 4.53. The molecule has 35 heavy (non-hydrogen) atoms. The molecule has 0 aliphatic heterocycles. The van der Waals surface area contributed by atoms with Crippen LogP contribution in [0.15, 0.2) is 54.6 Å². The zero-order valence-corrected chi connectivity index (χ0v) is 20.9. The van der Waals surface area contributed by atoms with Crippen molar-refractivity contribution in [2.24, 2.45) is 0 Å². The predicted molar refractivity (Wildman–Crippen MR) is 138 cm³/mol. The topological polar surface area (TPSA) is 88.6 Å². The quantitative estimate of drug-likeness (QED) is 0.385. The number of carbonyl (C=O) groups is 3. The molecule has 0 aliphatic carbocycles. The van der Waals surface area contributed by atoms with Crippen molar-refractivity contribution in [1.29, 1.82) is 0 Å². The van der Waals surface area contributed by atoms with Gasteiger partial charge in [0, 0.05) is 25.0 Å². The number of amides is 2. The van der Waals surface area contributed by atoms with Crippen LogP contribution in [-0.2, 0) is 4.74 Å². The van der Waals surface area contributed by atoms with E-state index in [1.807, 2.05) is 55.5 Å². The summed E-state index contributed by atoms with van der Waals surface area (Å²) in [4.78, 5) is 45.4. The van der Waals surface area contributed by atoms with Crippen LogP contribution in [-0.4, -0.2) is 48.9 Å². The lowest BCUT2D eigenvalue weighted by molar-refractivity contribution is 0.0601. The van der Waals surface area contributed by atoms with Crippen molar-refractivity contribution < 1.29 is 19.1 Å². The molecule has 4 aromatic rings. The van der Waals surface area contributed by atoms with Gasteiger partial charge in [-0.1, -0.05) is 42.5 Å². The molecule has 7 nitrogen and oxygen atoms in total. The predicted octanol–water partition coefficient (Wildman–Crippen LogP) is 5.32. The number of nitrogens with zero attached hydrogens (tertiary/aromatic N) is 2. The van der Waals surface area contributed by atoms with Gasteiger partial charge in [0.25, 0.3) is 11.8 Å². The van der Waals surface area contributed by atoms with Crippen molar-refractivity contribution >= 4 is 45.0 Å². The van der Waals surface area contributed by atoms with Gasteiger partial charge in [-0.05, 0) is 37.1 Å². The number of aryl methyl sites for hydroxylation is 1. The second-order valence-electron chi connectivity index (χ2n) is 8.29. The highest BCUT2D eigenvalue weighted by atomic mass is 32.1. The van der Waals surface area contributed by atoms with Crippen LogP contribution in [0.2, 0.25) is 0 Å². The van der Waals surface area contributed by atoms with Gasteiger partial charge in [0.2, 0.25) is 0 Å². The van der Waals surface area contributed by atoms with Crippen molar-refractivity contribution in [3.63, 3.8) is 0 Å². The Hall–Kier alpha value is -4.04. The minimum atomic E-state index is -0.618. The van der Waals surface area contributed by atoms with Crippen molar-refractivity contribution in [3.8, 4) is 11.3 Å². The number of anilines is 1. The van der Waals surface area contributed by atoms with Gasteiger partial charge < -0.3 is 15.0 Å². The van der Waals surface area contributed by atoms with Crippen molar-refractivity contribution in [2.75, 3.05) is 26.5 Å². The van der Waals surface area contributed by atoms with Crippen LogP contribution in [0, 0.1) is 13.8 Å². The number of benzene rings is 2. The lowest BCUT2D eigenvalue weighted by atomic mass is 10.0. The molecule has 0 saturated heterocycles. The molecule has 0 fully saturated rings. The number of nitrogens with one attached hydrogen (secondary N) is 1. The van der Waals surface area contributed by atoms with Crippen molar-refractivity contribution in [2.45, 2.75) is 13.8 Å². The molecular weight excluding hydrogens is 462 g/mol. The van der Waals surface area contributed by atoms with Crippen LogP contribution >= 0.6 is 11.3 Å². The summed E-state index contributed by atoms with van der Waals surface area (Å²) in [6.07, 6.45) is 0. The number of hydrogen-bond donors (Lipinski definition) is 1. The summed E-state index contributed by atoms with van der Waals surface area (Å²) in [5.74, 6) is -1.28. The van der Waals surface area contributed by atoms with Gasteiger partial charge in [0.05, 0.1) is 34.3 Å². The Morgan fingerprint density at radius 1 is 1.00 bits per heavy atom. The fourth-order valence-corrected chi connectivity index (χ4v) is 5.10. The molecule has 0 saturated carbocycles. The zero-order chi connectivity index (χ0) is 25.3. The average Bonchev–Trinajstić information content (AvgIpc) is 3.17. The number of fused-ring (bicyclic) bond motifs is 1. The maximum absolute atomic E-state index is 13.6. The summed E-state index contributed by atoms with van der Waals surface area (Å²) < 4.78 is 4.94. The third-order valence-corrected chi connectivity index (χ3v) is 6.94. The molecule has 0 atom stereocenters. The molecule has 2 amide bonds. The Bertz CT molecular complexity index is 1470. The Kier molecular flexibility index (Phi) is 6.66. The van der Waals surface area contributed by atoms with E-state index in [9.17, 15) is 14.4 Å². The summed E-state index contributed by atoms with van der Waals surface area (Å²) in [5.41, 5.74) is 4.37. The van der Waals surface area contributed by atoms with Gasteiger partial charge in [0.15, 0.2) is 0 Å². The number of aromatic nitrogens is 1. The highest BCUT2D eigenvalue weighted by Gasteiger charge is 2.27. The molecule has 2 aromatic heterocycles. The van der Waals surface area contributed by atoms with Gasteiger partial charge >= 0.3 is 5.97 Å². The molecule has 178 valence electrons. The number of esters is 1. The number of thiophene rings is 1. The van der Waals surface area contributed by atoms with Crippen molar-refractivity contribution in [3.05, 3.63) is 81.7 Å². The second kappa shape index (κ2) is 9.68. The summed E-state index contributed by atoms with van der Waals surface area (Å²) in [6.45, 7) is 3.67. The van der Waals surface area contributed by atoms with E-state index in [1.54, 1.807) is 27.1 Å². The first kappa shape index (κ1) is 24.1. The van der Waals surface area contributed by atoms with Crippen LogP contribution in [0.5, 0.6) is 0 Å². The van der Waals surface area contributed by atoms with Crippen LogP contribution in [0.25, 0.3) is 22.2 Å². The number of ether oxygens (including phenoxy) is 1. The highest BCUT2D eigenvalue weighted by molar-refractivity contribution is 7.18. The molecule has 0 radical (unpaired) electrons. The first-order valence-electron chi connectivity index (χ1n) is 10.9. The summed E-state index contributed by atoms with van der Waals surface area (Å²) in [6, 6.07) is 17.0. The first-order chi connectivity index (χ1) is 16.7. The maximum atomic E-state index is 13.6. The van der Waals surface area contributed by atoms with E-state index >= 15 is 0 Å². The molecule has 1 N–H and O–H groups in total. The van der Waals surface area contributed by atoms with Crippen LogP contribution in [0.4, 0.5) is 5.00 Å². The zero-order valence-electron chi connectivity index (χ0n) is 20.1. The molecule has 0 spiro atoms. The van der Waals surface area contributed by atoms with E-state index in [1.165, 1.54) is 12.0 Å². The van der Waals surface area contributed by atoms with Gasteiger partial charge in [-0.25, -0.2) is 9.78 Å². The minimum absolute atomic E-state index is 0.175. The standard InChI is InChI=1S/C27H25N3O4S/c1-15-10-6-7-11-17(15)21-14-19(18-12-8-9-13-20(18)28-21)24(31)29-25-22(27(33)34-5)16(2)23(35-25)26(32)30(3)4/h6-14H,1-5H3,(H,29,31). The molecule has 2 aromatic carbocycles. The number of methoxy groups -OCH3 is 1. The minimum Gasteiger partial charge on any atom is -0.465 e. The largest absolute Gasteiger partial charge is 0.465 e. The Morgan fingerprint density at radius 3 is 2.37 bits per heavy atom. The highest BCUT2D eigenvalue weighted by Crippen LogP contribution is 2.35. The molecule has 4 rings (SSSR count). The fourth-order valence-electron chi connectivity index (χ4n) is 3.89. The second-order valence-corrected chi connectivity index (χ2v) is 9.31. The van der Waals surface area contributed by atoms with Crippen molar-refractivity contribution in [1.82, 2.24) is 9.88 Å². The Morgan fingerprint density at radius 2 is 1.69 bits per heavy atom. The normalized spacial score (nSPS) is 10.8. The number of para-hydroxylation sites is 1. The Labute approximate surface area is 207 Å². The van der Waals surface area contributed by atoms with Gasteiger partial charge in [0.1, 0.15) is 5.00 Å². The SMILES string of the molecule is COC(=O)c1c(NC(=O)c2cc(-c3ccccc3C)nc3ccccc23)sc(C(=O)N(C)C)c1C. The summed E-state index contributed by atoms with van der Waals surface area (Å²) in [5, 5.41) is 3.81. The average molecular weight is 488 g/mol. The number of hydrogen-bond acceptors (Lipinski definition) is 6. The van der Waals surface area contributed by atoms with E-state index < -0.39 is 11.9 Å². The van der Waals surface area contributed by atoms with Crippen LogP contribution < -0.4 is 5.32 Å². The molecule has 0 bridgehead atoms. The van der Waals surface area contributed by atoms with Gasteiger partial charge in [-0.15, -0.1) is 11.3 Å². The van der Waals surface area contributed by atoms with Gasteiger partial charge in [-0.2, -0.15) is 0 Å². The van der Waals surface area contributed by atoms with E-state index in [0.717, 1.165) is 22.5 Å². The molecule has 0 unspecified atom stereocenters. The molecule has 8 heteroatoms. The molecule has 2 heterocycles. The number of pyridine rings is 1. The van der Waals surface area contributed by atoms with Crippen LogP contribution in [0.1, 0.15) is 41.5 Å².